The van der Waals surface area contributed by atoms with Gasteiger partial charge >= 0.3 is 0 Å². The molecule has 0 atom stereocenters. The van der Waals surface area contributed by atoms with Crippen LogP contribution in [-0.2, 0) is 17.8 Å². The quantitative estimate of drug-likeness (QED) is 0.674. The van der Waals surface area contributed by atoms with E-state index in [1.807, 2.05) is 46.0 Å². The van der Waals surface area contributed by atoms with Crippen LogP contribution in [0.5, 0.6) is 5.75 Å². The van der Waals surface area contributed by atoms with E-state index in [-0.39, 0.29) is 0 Å². The van der Waals surface area contributed by atoms with Gasteiger partial charge in [-0.3, -0.25) is 0 Å². The van der Waals surface area contributed by atoms with Crippen LogP contribution in [0.2, 0.25) is 0 Å². The molecule has 2 aromatic carbocycles. The fourth-order valence-corrected chi connectivity index (χ4v) is 2.08. The van der Waals surface area contributed by atoms with Crippen molar-refractivity contribution in [1.82, 2.24) is 0 Å². The van der Waals surface area contributed by atoms with E-state index in [2.05, 4.69) is 43.4 Å². The minimum absolute atomic E-state index is 0.588. The van der Waals surface area contributed by atoms with E-state index in [1.54, 1.807) is 0 Å². The van der Waals surface area contributed by atoms with E-state index in [4.69, 9.17) is 4.74 Å². The largest absolute Gasteiger partial charge is 0.489 e. The maximum atomic E-state index is 9.17. The van der Waals surface area contributed by atoms with Crippen LogP contribution < -0.4 is 10.1 Å². The molecule has 2 rings (SSSR count). The summed E-state index contributed by atoms with van der Waals surface area (Å²) in [5.41, 5.74) is 4.83. The molecule has 0 fully saturated rings. The van der Waals surface area contributed by atoms with Crippen molar-refractivity contribution in [2.75, 3.05) is 12.4 Å². The molecule has 0 unspecified atom stereocenters. The summed E-state index contributed by atoms with van der Waals surface area (Å²) >= 11 is 0. The van der Waals surface area contributed by atoms with Gasteiger partial charge in [0.2, 0.25) is 0 Å². The number of ether oxygens (including phenoxy) is 1. The second-order valence-electron chi connectivity index (χ2n) is 5.22. The number of aryl methyl sites for hydroxylation is 2. The summed E-state index contributed by atoms with van der Waals surface area (Å²) in [7, 11) is 1.95. The van der Waals surface area contributed by atoms with Gasteiger partial charge in [0.1, 0.15) is 18.6 Å². The molecule has 0 aliphatic rings. The van der Waals surface area contributed by atoms with Gasteiger partial charge in [0.25, 0.3) is 0 Å². The molecule has 138 valence electrons. The minimum atomic E-state index is 0.588. The second kappa shape index (κ2) is 14.1. The van der Waals surface area contributed by atoms with E-state index >= 15 is 0 Å². The number of anilines is 1. The average molecular weight is 344 g/mol. The normalized spacial score (nSPS) is 9.04. The molecule has 0 amide bonds. The average Bonchev–Trinajstić information content (AvgIpc) is 2.69. The van der Waals surface area contributed by atoms with Crippen molar-refractivity contribution < 1.29 is 9.53 Å². The lowest BCUT2D eigenvalue weighted by atomic mass is 10.1. The third-order valence-corrected chi connectivity index (χ3v) is 3.50. The van der Waals surface area contributed by atoms with Crippen molar-refractivity contribution in [2.45, 2.75) is 54.1 Å². The number of hydrogen-bond donors (Lipinski definition) is 1. The number of carbonyl (C=O) groups excluding carboxylic acids is 1. The Morgan fingerprint density at radius 2 is 1.72 bits per heavy atom. The van der Waals surface area contributed by atoms with E-state index in [0.29, 0.717) is 13.0 Å². The Labute approximate surface area is 153 Å². The minimum Gasteiger partial charge on any atom is -0.489 e. The van der Waals surface area contributed by atoms with Crippen LogP contribution in [0.3, 0.4) is 0 Å². The lowest BCUT2D eigenvalue weighted by Gasteiger charge is -2.13. The molecule has 0 saturated carbocycles. The van der Waals surface area contributed by atoms with Gasteiger partial charge in [-0.25, -0.2) is 0 Å². The highest BCUT2D eigenvalue weighted by molar-refractivity contribution is 5.53. The molecule has 0 radical (unpaired) electrons. The van der Waals surface area contributed by atoms with E-state index in [9.17, 15) is 4.79 Å². The number of rotatable bonds is 6. The lowest BCUT2D eigenvalue weighted by molar-refractivity contribution is -0.107. The summed E-state index contributed by atoms with van der Waals surface area (Å²) < 4.78 is 5.90. The van der Waals surface area contributed by atoms with Gasteiger partial charge < -0.3 is 14.8 Å². The monoisotopic (exact) mass is 343 g/mol. The van der Waals surface area contributed by atoms with Crippen LogP contribution in [0.1, 0.15) is 50.8 Å². The van der Waals surface area contributed by atoms with E-state index < -0.39 is 0 Å². The first-order valence-corrected chi connectivity index (χ1v) is 9.07. The Kier molecular flexibility index (Phi) is 12.8. The van der Waals surface area contributed by atoms with Gasteiger partial charge in [-0.05, 0) is 36.6 Å². The lowest BCUT2D eigenvalue weighted by Crippen LogP contribution is -2.02. The SMILES string of the molecule is CC.CCC=O.CCc1ccc(COc2ccccc2C)c(NC)c1. The number of nitrogens with one attached hydrogen (secondary N) is 1. The van der Waals surface area contributed by atoms with Crippen molar-refractivity contribution in [3.8, 4) is 5.75 Å². The number of benzene rings is 2. The Hall–Kier alpha value is -2.29. The second-order valence-corrected chi connectivity index (χ2v) is 5.22. The molecular formula is C22H33NO2. The smallest absolute Gasteiger partial charge is 0.122 e. The molecule has 0 aliphatic carbocycles. The highest BCUT2D eigenvalue weighted by atomic mass is 16.5. The van der Waals surface area contributed by atoms with Crippen molar-refractivity contribution in [3.63, 3.8) is 0 Å². The molecule has 2 aromatic rings. The summed E-state index contributed by atoms with van der Waals surface area (Å²) in [5.74, 6) is 0.948. The first-order chi connectivity index (χ1) is 12.2. The summed E-state index contributed by atoms with van der Waals surface area (Å²) in [5, 5.41) is 3.24. The van der Waals surface area contributed by atoms with Crippen molar-refractivity contribution in [2.24, 2.45) is 0 Å². The summed E-state index contributed by atoms with van der Waals surface area (Å²) in [6.07, 6.45) is 2.56. The fourth-order valence-electron chi connectivity index (χ4n) is 2.08. The van der Waals surface area contributed by atoms with Gasteiger partial charge in [-0.1, -0.05) is 58.0 Å². The van der Waals surface area contributed by atoms with Crippen LogP contribution in [0, 0.1) is 6.92 Å². The standard InChI is InChI=1S/C17H21NO.C3H6O.C2H6/c1-4-14-9-10-15(16(11-14)18-3)12-19-17-8-6-5-7-13(17)2;1-2-3-4;1-2/h5-11,18H,4,12H2,1-3H3;3H,2H2,1H3;1-2H3. The molecule has 0 bridgehead atoms. The summed E-state index contributed by atoms with van der Waals surface area (Å²) in [4.78, 5) is 9.17. The van der Waals surface area contributed by atoms with Gasteiger partial charge in [-0.15, -0.1) is 0 Å². The zero-order valence-electron chi connectivity index (χ0n) is 16.6. The third-order valence-electron chi connectivity index (χ3n) is 3.50. The molecule has 3 nitrogen and oxygen atoms in total. The van der Waals surface area contributed by atoms with Crippen molar-refractivity contribution >= 4 is 12.0 Å². The first kappa shape index (κ1) is 22.7. The third kappa shape index (κ3) is 8.39. The number of para-hydroxylation sites is 1. The van der Waals surface area contributed by atoms with Gasteiger partial charge in [0.05, 0.1) is 0 Å². The first-order valence-electron chi connectivity index (χ1n) is 9.07. The van der Waals surface area contributed by atoms with Crippen molar-refractivity contribution in [3.05, 3.63) is 59.2 Å². The molecule has 0 saturated heterocycles. The molecule has 0 heterocycles. The number of carbonyl (C=O) groups is 1. The fraction of sp³-hybridized carbons (Fsp3) is 0.409. The molecule has 1 N–H and O–H groups in total. The summed E-state index contributed by atoms with van der Waals surface area (Å²) in [6.45, 7) is 10.6. The van der Waals surface area contributed by atoms with E-state index in [1.165, 1.54) is 16.7 Å². The van der Waals surface area contributed by atoms with Crippen LogP contribution >= 0.6 is 0 Å². The molecular weight excluding hydrogens is 310 g/mol. The highest BCUT2D eigenvalue weighted by Gasteiger charge is 2.04. The molecule has 0 aromatic heterocycles. The number of aldehydes is 1. The van der Waals surface area contributed by atoms with Crippen molar-refractivity contribution in [1.29, 1.82) is 0 Å². The zero-order valence-corrected chi connectivity index (χ0v) is 16.6. The predicted molar refractivity (Wildman–Crippen MR) is 109 cm³/mol. The molecule has 0 aliphatic heterocycles. The van der Waals surface area contributed by atoms with Gasteiger partial charge in [-0.2, -0.15) is 0 Å². The van der Waals surface area contributed by atoms with Crippen LogP contribution in [0.15, 0.2) is 42.5 Å². The Morgan fingerprint density at radius 3 is 2.24 bits per heavy atom. The molecule has 25 heavy (non-hydrogen) atoms. The topological polar surface area (TPSA) is 38.3 Å². The zero-order chi connectivity index (χ0) is 19.1. The summed E-state index contributed by atoms with van der Waals surface area (Å²) in [6, 6.07) is 14.6. The van der Waals surface area contributed by atoms with Gasteiger partial charge in [0.15, 0.2) is 0 Å². The van der Waals surface area contributed by atoms with Crippen LogP contribution in [-0.4, -0.2) is 13.3 Å². The van der Waals surface area contributed by atoms with Gasteiger partial charge in [0, 0.05) is 24.7 Å². The highest BCUT2D eigenvalue weighted by Crippen LogP contribution is 2.22. The maximum absolute atomic E-state index is 9.17. The Bertz CT molecular complexity index is 609. The van der Waals surface area contributed by atoms with Crippen LogP contribution in [0.25, 0.3) is 0 Å². The van der Waals surface area contributed by atoms with E-state index in [0.717, 1.165) is 24.1 Å². The Morgan fingerprint density at radius 1 is 1.08 bits per heavy atom. The maximum Gasteiger partial charge on any atom is 0.122 e. The molecule has 3 heteroatoms. The number of hydrogen-bond acceptors (Lipinski definition) is 3. The Balaban J connectivity index is 0.000000845. The molecule has 0 spiro atoms. The van der Waals surface area contributed by atoms with Crippen LogP contribution in [0.4, 0.5) is 5.69 Å². The predicted octanol–water partition coefficient (Wildman–Crippen LogP) is 5.80.